The number of rotatable bonds is 16. The fourth-order valence-electron chi connectivity index (χ4n) is 8.31. The van der Waals surface area contributed by atoms with Crippen LogP contribution < -0.4 is 10.2 Å². The number of methoxy groups -OCH3 is 2. The second-order valence-electron chi connectivity index (χ2n) is 15.3. The van der Waals surface area contributed by atoms with Gasteiger partial charge in [-0.2, -0.15) is 4.72 Å². The number of furan rings is 1. The van der Waals surface area contributed by atoms with E-state index in [2.05, 4.69) is 4.72 Å². The molecule has 1 aliphatic heterocycles. The Morgan fingerprint density at radius 1 is 0.683 bits per heavy atom. The summed E-state index contributed by atoms with van der Waals surface area (Å²) in [7, 11) is -2.15. The predicted octanol–water partition coefficient (Wildman–Crippen LogP) is 7.86. The maximum Gasteiger partial charge on any atom is 0.498 e. The van der Waals surface area contributed by atoms with Gasteiger partial charge >= 0.3 is 13.1 Å². The molecule has 1 N–H and O–H groups in total. The van der Waals surface area contributed by atoms with Crippen molar-refractivity contribution in [3.63, 3.8) is 0 Å². The van der Waals surface area contributed by atoms with Crippen LogP contribution in [0.1, 0.15) is 60.4 Å². The maximum atomic E-state index is 14.2. The van der Waals surface area contributed by atoms with Gasteiger partial charge in [0.05, 0.1) is 29.2 Å². The van der Waals surface area contributed by atoms with Crippen LogP contribution in [0.2, 0.25) is 0 Å². The van der Waals surface area contributed by atoms with Crippen LogP contribution >= 0.6 is 0 Å². The number of aryl methyl sites for hydroxylation is 1. The van der Waals surface area contributed by atoms with Gasteiger partial charge in [0.2, 0.25) is 10.0 Å². The first kappa shape index (κ1) is 42.8. The minimum Gasteiger partial charge on any atom is -0.468 e. The minimum atomic E-state index is -4.23. The van der Waals surface area contributed by atoms with E-state index in [-0.39, 0.29) is 17.3 Å². The van der Waals surface area contributed by atoms with Gasteiger partial charge in [-0.05, 0) is 68.1 Å². The Bertz CT molecular complexity index is 2270. The Kier molecular flexibility index (Phi) is 12.6. The number of hydrogen-bond donors (Lipinski definition) is 1. The molecule has 0 bridgehead atoms. The largest absolute Gasteiger partial charge is 0.498 e. The Labute approximate surface area is 353 Å². The Hall–Kier alpha value is -5.34. The quantitative estimate of drug-likeness (QED) is 0.0768. The highest BCUT2D eigenvalue weighted by molar-refractivity contribution is 7.89. The van der Waals surface area contributed by atoms with Gasteiger partial charge in [0.1, 0.15) is 29.2 Å². The summed E-state index contributed by atoms with van der Waals surface area (Å²) in [5, 5.41) is 0. The third kappa shape index (κ3) is 7.75. The van der Waals surface area contributed by atoms with E-state index in [0.29, 0.717) is 5.46 Å². The molecular formula is C48H50BNO9S. The zero-order valence-corrected chi connectivity index (χ0v) is 35.4. The van der Waals surface area contributed by atoms with Crippen LogP contribution in [0.4, 0.5) is 0 Å². The molecule has 0 aliphatic carbocycles. The van der Waals surface area contributed by atoms with Gasteiger partial charge in [0.15, 0.2) is 0 Å². The summed E-state index contributed by atoms with van der Waals surface area (Å²) >= 11 is 0. The van der Waals surface area contributed by atoms with Gasteiger partial charge < -0.3 is 27.9 Å². The van der Waals surface area contributed by atoms with Crippen molar-refractivity contribution in [3.8, 4) is 0 Å². The molecule has 0 radical (unpaired) electrons. The van der Waals surface area contributed by atoms with Gasteiger partial charge in [0.25, 0.3) is 0 Å². The smallest absolute Gasteiger partial charge is 0.468 e. The monoisotopic (exact) mass is 827 g/mol. The number of sulfonamides is 1. The van der Waals surface area contributed by atoms with E-state index in [0.717, 1.165) is 27.8 Å². The lowest BCUT2D eigenvalue weighted by molar-refractivity contribution is -0.155. The third-order valence-electron chi connectivity index (χ3n) is 11.4. The van der Waals surface area contributed by atoms with Gasteiger partial charge in [-0.3, -0.25) is 4.79 Å². The predicted molar refractivity (Wildman–Crippen MR) is 230 cm³/mol. The number of carbonyl (C=O) groups is 1. The van der Waals surface area contributed by atoms with E-state index < -0.39 is 58.0 Å². The lowest BCUT2D eigenvalue weighted by atomic mass is 9.71. The summed E-state index contributed by atoms with van der Waals surface area (Å²) in [6.45, 7) is 6.88. The molecule has 1 aromatic heterocycles. The fraction of sp³-hybridized carbons (Fsp3) is 0.271. The fourth-order valence-corrected chi connectivity index (χ4v) is 9.65. The molecule has 1 fully saturated rings. The number of hydrogen-bond acceptors (Lipinski definition) is 9. The van der Waals surface area contributed by atoms with Crippen molar-refractivity contribution in [2.24, 2.45) is 5.41 Å². The highest BCUT2D eigenvalue weighted by Gasteiger charge is 2.63. The molecule has 7 rings (SSSR count). The lowest BCUT2D eigenvalue weighted by Crippen LogP contribution is -2.56. The molecule has 1 aliphatic rings. The lowest BCUT2D eigenvalue weighted by Gasteiger charge is -2.46. The van der Waals surface area contributed by atoms with Crippen LogP contribution in [0.3, 0.4) is 0 Å². The van der Waals surface area contributed by atoms with Gasteiger partial charge in [-0.25, -0.2) is 8.42 Å². The summed E-state index contributed by atoms with van der Waals surface area (Å²) in [6, 6.07) is 46.1. The van der Waals surface area contributed by atoms with Crippen LogP contribution in [0, 0.1) is 12.3 Å². The van der Waals surface area contributed by atoms with Crippen LogP contribution in [-0.2, 0) is 49.5 Å². The number of benzene rings is 5. The summed E-state index contributed by atoms with van der Waals surface area (Å²) in [6.07, 6.45) is -0.480. The summed E-state index contributed by atoms with van der Waals surface area (Å²) in [5.74, 6) is -0.524. The van der Waals surface area contributed by atoms with Crippen molar-refractivity contribution < 1.29 is 41.1 Å². The van der Waals surface area contributed by atoms with Gasteiger partial charge in [-0.15, -0.1) is 0 Å². The second kappa shape index (κ2) is 17.7. The first-order valence-corrected chi connectivity index (χ1v) is 21.4. The highest BCUT2D eigenvalue weighted by atomic mass is 32.2. The van der Waals surface area contributed by atoms with Crippen molar-refractivity contribution in [2.75, 3.05) is 20.8 Å². The van der Waals surface area contributed by atoms with Crippen LogP contribution in [0.15, 0.2) is 167 Å². The third-order valence-corrected chi connectivity index (χ3v) is 12.9. The van der Waals surface area contributed by atoms with E-state index in [1.807, 2.05) is 128 Å². The summed E-state index contributed by atoms with van der Waals surface area (Å²) < 4.78 is 71.1. The van der Waals surface area contributed by atoms with Gasteiger partial charge in [0, 0.05) is 19.7 Å². The molecular weight excluding hydrogens is 777 g/mol. The first-order chi connectivity index (χ1) is 28.9. The molecule has 60 heavy (non-hydrogen) atoms. The molecule has 5 aromatic carbocycles. The van der Waals surface area contributed by atoms with Crippen molar-refractivity contribution >= 4 is 28.6 Å². The number of carbonyl (C=O) groups excluding carboxylic acids is 1. The van der Waals surface area contributed by atoms with Crippen LogP contribution in [0.5, 0.6) is 0 Å². The first-order valence-electron chi connectivity index (χ1n) is 19.9. The van der Waals surface area contributed by atoms with E-state index in [9.17, 15) is 13.2 Å². The number of nitrogens with one attached hydrogen (secondary N) is 1. The Morgan fingerprint density at radius 2 is 1.10 bits per heavy atom. The highest BCUT2D eigenvalue weighted by Crippen LogP contribution is 2.51. The molecule has 0 unspecified atom stereocenters. The molecule has 0 saturated carbocycles. The van der Waals surface area contributed by atoms with Crippen LogP contribution in [-0.4, -0.2) is 54.5 Å². The van der Waals surface area contributed by atoms with E-state index in [1.165, 1.54) is 18.4 Å². The molecule has 0 amide bonds. The van der Waals surface area contributed by atoms with E-state index in [1.54, 1.807) is 53.2 Å². The normalized spacial score (nSPS) is 16.7. The van der Waals surface area contributed by atoms with E-state index >= 15 is 0 Å². The molecule has 12 heteroatoms. The molecule has 0 spiro atoms. The molecule has 1 saturated heterocycles. The average molecular weight is 828 g/mol. The molecule has 6 aromatic rings. The SMILES string of the molecule is CCOC(=O)C(C)(C)[C@@H](NS(=O)(=O)c1ccc(C)cc1)c1occc1B1O[C@@H](C(OC)(c2ccccc2)c2ccccc2)[C@H](C(OC)(c2ccccc2)c2ccccc2)O1. The van der Waals surface area contributed by atoms with Crippen molar-refractivity contribution in [1.82, 2.24) is 4.72 Å². The summed E-state index contributed by atoms with van der Waals surface area (Å²) in [5.41, 5.74) is 0.313. The summed E-state index contributed by atoms with van der Waals surface area (Å²) in [4.78, 5) is 13.8. The standard InChI is InChI=1S/C48H50BNO9S/c1-7-56-45(51)46(3,4)42(50-60(52,53)39-30-28-34(2)29-31-39)41-40(32-33-57-41)49-58-43(47(54-5,35-20-12-8-13-21-35)36-22-14-9-15-23-36)44(59-49)48(55-6,37-24-16-10-17-25-37)38-26-18-11-19-27-38/h8-33,42-44,50H,7H2,1-6H3/t42-,43+,44+/m0/s1. The number of esters is 1. The molecule has 3 atom stereocenters. The zero-order valence-electron chi connectivity index (χ0n) is 34.6. The van der Waals surface area contributed by atoms with Crippen LogP contribution in [0.25, 0.3) is 0 Å². The maximum absolute atomic E-state index is 14.2. The van der Waals surface area contributed by atoms with Crippen molar-refractivity contribution in [2.45, 2.75) is 62.0 Å². The van der Waals surface area contributed by atoms with Crippen molar-refractivity contribution in [3.05, 3.63) is 191 Å². The Balaban J connectivity index is 1.46. The molecule has 10 nitrogen and oxygen atoms in total. The Morgan fingerprint density at radius 3 is 1.48 bits per heavy atom. The zero-order chi connectivity index (χ0) is 42.5. The topological polar surface area (TPSA) is 123 Å². The average Bonchev–Trinajstić information content (AvgIpc) is 3.94. The van der Waals surface area contributed by atoms with E-state index in [4.69, 9.17) is 27.9 Å². The van der Waals surface area contributed by atoms with Crippen molar-refractivity contribution in [1.29, 1.82) is 0 Å². The van der Waals surface area contributed by atoms with Gasteiger partial charge in [-0.1, -0.05) is 139 Å². The second-order valence-corrected chi connectivity index (χ2v) is 17.1. The number of ether oxygens (including phenoxy) is 3. The minimum absolute atomic E-state index is 0.0190. The molecule has 2 heterocycles. The molecule has 310 valence electrons.